The van der Waals surface area contributed by atoms with Crippen LogP contribution < -0.4 is 0 Å². The molecule has 2 rings (SSSR count). The number of hydrogen-bond donors (Lipinski definition) is 0. The second-order valence-corrected chi connectivity index (χ2v) is 10.9. The van der Waals surface area contributed by atoms with Gasteiger partial charge in [0.1, 0.15) is 9.27 Å². The number of thiophene rings is 1. The molecule has 0 bridgehead atoms. The lowest BCUT2D eigenvalue weighted by Crippen LogP contribution is -2.13. The van der Waals surface area contributed by atoms with Gasteiger partial charge in [0.2, 0.25) is 0 Å². The third-order valence-corrected chi connectivity index (χ3v) is 7.08. The van der Waals surface area contributed by atoms with Crippen molar-refractivity contribution in [3.8, 4) is 0 Å². The Bertz CT molecular complexity index is 583. The van der Waals surface area contributed by atoms with Crippen LogP contribution in [0.25, 0.3) is 0 Å². The van der Waals surface area contributed by atoms with Gasteiger partial charge in [-0.2, -0.15) is 8.42 Å². The molecule has 3 nitrogen and oxygen atoms in total. The predicted octanol–water partition coefficient (Wildman–Crippen LogP) is 4.08. The molecule has 1 aromatic heterocycles. The molecule has 8 heteroatoms. The van der Waals surface area contributed by atoms with Crippen molar-refractivity contribution in [2.24, 2.45) is 4.40 Å². The molecule has 94 valence electrons. The highest BCUT2D eigenvalue weighted by atomic mass is 35.5. The van der Waals surface area contributed by atoms with Crippen molar-refractivity contribution in [1.82, 2.24) is 0 Å². The number of hydrogen-bond acceptors (Lipinski definition) is 5. The summed E-state index contributed by atoms with van der Waals surface area (Å²) < 4.78 is 29.3. The molecule has 0 N–H and O–H groups in total. The fourth-order valence-corrected chi connectivity index (χ4v) is 7.64. The maximum Gasteiger partial charge on any atom is 0.285 e. The number of nitrogens with zero attached hydrogens (tertiary/aromatic N) is 1. The molecular weight excluding hydrogens is 318 g/mol. The molecule has 0 atom stereocenters. The average Bonchev–Trinajstić information content (AvgIpc) is 2.41. The van der Waals surface area contributed by atoms with Crippen LogP contribution in [-0.2, 0) is 10.0 Å². The summed E-state index contributed by atoms with van der Waals surface area (Å²) in [5.74, 6) is 0. The molecule has 0 fully saturated rings. The van der Waals surface area contributed by atoms with E-state index in [0.29, 0.717) is 12.9 Å². The van der Waals surface area contributed by atoms with Gasteiger partial charge >= 0.3 is 0 Å². The lowest BCUT2D eigenvalue weighted by atomic mass is 10.3. The summed E-state index contributed by atoms with van der Waals surface area (Å²) in [6.45, 7) is 6.05. The van der Waals surface area contributed by atoms with Gasteiger partial charge < -0.3 is 0 Å². The van der Waals surface area contributed by atoms with Gasteiger partial charge in [-0.3, -0.25) is 0 Å². The molecule has 0 saturated carbocycles. The first-order chi connectivity index (χ1) is 7.67. The minimum absolute atomic E-state index is 0.0695. The molecule has 2 heterocycles. The molecule has 1 aliphatic rings. The number of sulfonamides is 1. The maximum absolute atomic E-state index is 11.9. The number of fused-ring (bicyclic) bond motifs is 1. The molecule has 0 unspecified atom stereocenters. The largest absolute Gasteiger partial charge is 0.285 e. The van der Waals surface area contributed by atoms with E-state index in [4.69, 9.17) is 11.6 Å². The minimum atomic E-state index is -3.57. The third-order valence-electron chi connectivity index (χ3n) is 1.68. The fraction of sp³-hybridized carbons (Fsp3) is 0.444. The van der Waals surface area contributed by atoms with E-state index in [9.17, 15) is 8.42 Å². The Kier molecular flexibility index (Phi) is 3.60. The quantitative estimate of drug-likeness (QED) is 0.720. The number of halogens is 1. The first-order valence-electron chi connectivity index (χ1n) is 4.68. The molecule has 1 aliphatic heterocycles. The summed E-state index contributed by atoms with van der Waals surface area (Å²) in [5, 5.41) is 0. The Hall–Kier alpha value is 0.310. The van der Waals surface area contributed by atoms with E-state index in [1.165, 1.54) is 40.9 Å². The van der Waals surface area contributed by atoms with Crippen LogP contribution in [0.5, 0.6) is 0 Å². The van der Waals surface area contributed by atoms with E-state index in [1.807, 2.05) is 20.8 Å². The van der Waals surface area contributed by atoms with Gasteiger partial charge in [-0.1, -0.05) is 44.1 Å². The highest BCUT2D eigenvalue weighted by molar-refractivity contribution is 8.40. The first-order valence-corrected chi connectivity index (χ1v) is 8.95. The van der Waals surface area contributed by atoms with Crippen LogP contribution in [0.3, 0.4) is 0 Å². The highest BCUT2D eigenvalue weighted by Crippen LogP contribution is 2.46. The summed E-state index contributed by atoms with van der Waals surface area (Å²) in [4.78, 5) is 0.232. The molecule has 0 amide bonds. The van der Waals surface area contributed by atoms with E-state index >= 15 is 0 Å². The summed E-state index contributed by atoms with van der Waals surface area (Å²) in [6, 6.07) is 1.46. The van der Waals surface area contributed by atoms with Crippen molar-refractivity contribution in [2.75, 3.05) is 0 Å². The minimum Gasteiger partial charge on any atom is -0.199 e. The molecule has 0 spiro atoms. The Morgan fingerprint density at radius 2 is 2.06 bits per heavy atom. The zero-order valence-electron chi connectivity index (χ0n) is 9.35. The van der Waals surface area contributed by atoms with Crippen molar-refractivity contribution in [3.63, 3.8) is 0 Å². The second kappa shape index (κ2) is 4.45. The van der Waals surface area contributed by atoms with E-state index in [0.717, 1.165) is 0 Å². The normalized spacial score (nSPS) is 18.7. The van der Waals surface area contributed by atoms with Crippen LogP contribution in [0.2, 0.25) is 4.34 Å². The van der Waals surface area contributed by atoms with E-state index in [-0.39, 0.29) is 9.64 Å². The van der Waals surface area contributed by atoms with E-state index in [2.05, 4.69) is 4.40 Å². The lowest BCUT2D eigenvalue weighted by Gasteiger charge is -2.19. The van der Waals surface area contributed by atoms with Gasteiger partial charge in [-0.15, -0.1) is 15.7 Å². The molecule has 1 aromatic rings. The van der Waals surface area contributed by atoms with Crippen molar-refractivity contribution in [2.45, 2.75) is 34.6 Å². The van der Waals surface area contributed by atoms with Crippen molar-refractivity contribution in [3.05, 3.63) is 10.4 Å². The second-order valence-electron chi connectivity index (χ2n) is 4.35. The van der Waals surface area contributed by atoms with Crippen molar-refractivity contribution >= 4 is 60.9 Å². The molecule has 0 aromatic carbocycles. The SMILES string of the molecule is CC(C)(C)SC1=NS(=O)(=O)c2cc(Cl)sc2S1. The van der Waals surface area contributed by atoms with Crippen LogP contribution in [-0.4, -0.2) is 17.5 Å². The van der Waals surface area contributed by atoms with Gasteiger partial charge in [0.25, 0.3) is 10.0 Å². The monoisotopic (exact) mass is 327 g/mol. The number of thioether (sulfide) groups is 2. The summed E-state index contributed by atoms with van der Waals surface area (Å²) in [6.07, 6.45) is 0. The maximum atomic E-state index is 11.9. The van der Waals surface area contributed by atoms with Gasteiger partial charge in [0, 0.05) is 4.75 Å². The Labute approximate surface area is 118 Å². The standard InChI is InChI=1S/C9H10ClNO2S4/c1-9(2,3)16-8-11-17(12,13)5-4-6(10)14-7(5)15-8/h4H,1-3H3. The molecule has 17 heavy (non-hydrogen) atoms. The Morgan fingerprint density at radius 1 is 1.41 bits per heavy atom. The van der Waals surface area contributed by atoms with Gasteiger partial charge in [0.15, 0.2) is 0 Å². The van der Waals surface area contributed by atoms with Crippen LogP contribution >= 0.6 is 46.5 Å². The molecule has 0 saturated heterocycles. The Balaban J connectivity index is 2.41. The summed E-state index contributed by atoms with van der Waals surface area (Å²) in [7, 11) is -3.57. The van der Waals surface area contributed by atoms with E-state index in [1.54, 1.807) is 0 Å². The van der Waals surface area contributed by atoms with Gasteiger partial charge in [-0.25, -0.2) is 0 Å². The van der Waals surface area contributed by atoms with Gasteiger partial charge in [-0.05, 0) is 17.8 Å². The smallest absolute Gasteiger partial charge is 0.199 e. The van der Waals surface area contributed by atoms with Crippen molar-refractivity contribution in [1.29, 1.82) is 0 Å². The molecular formula is C9H10ClNO2S4. The topological polar surface area (TPSA) is 46.5 Å². The zero-order valence-corrected chi connectivity index (χ0v) is 13.4. The predicted molar refractivity (Wildman–Crippen MR) is 77.2 cm³/mol. The van der Waals surface area contributed by atoms with Gasteiger partial charge in [0.05, 0.1) is 8.55 Å². The fourth-order valence-electron chi connectivity index (χ4n) is 1.13. The third kappa shape index (κ3) is 3.20. The molecule has 0 aliphatic carbocycles. The first kappa shape index (κ1) is 13.7. The number of rotatable bonds is 0. The van der Waals surface area contributed by atoms with Crippen LogP contribution in [0.15, 0.2) is 19.6 Å². The summed E-state index contributed by atoms with van der Waals surface area (Å²) >= 11 is 9.94. The average molecular weight is 328 g/mol. The van der Waals surface area contributed by atoms with E-state index < -0.39 is 10.0 Å². The van der Waals surface area contributed by atoms with Crippen molar-refractivity contribution < 1.29 is 8.42 Å². The van der Waals surface area contributed by atoms with Crippen LogP contribution in [0, 0.1) is 0 Å². The lowest BCUT2D eigenvalue weighted by molar-refractivity contribution is 0.597. The zero-order chi connectivity index (χ0) is 12.8. The van der Waals surface area contributed by atoms with Crippen LogP contribution in [0.1, 0.15) is 20.8 Å². The van der Waals surface area contributed by atoms with Crippen LogP contribution in [0.4, 0.5) is 0 Å². The molecule has 0 radical (unpaired) electrons. The highest BCUT2D eigenvalue weighted by Gasteiger charge is 2.30. The Morgan fingerprint density at radius 3 is 2.65 bits per heavy atom. The summed E-state index contributed by atoms with van der Waals surface area (Å²) in [5.41, 5.74) is 0.